The van der Waals surface area contributed by atoms with Crippen molar-refractivity contribution in [1.29, 1.82) is 0 Å². The quantitative estimate of drug-likeness (QED) is 0.816. The molecule has 1 aromatic rings. The van der Waals surface area contributed by atoms with E-state index in [0.29, 0.717) is 6.54 Å². The zero-order valence-corrected chi connectivity index (χ0v) is 10.6. The maximum Gasteiger partial charge on any atom is 0.252 e. The van der Waals surface area contributed by atoms with Gasteiger partial charge in [0.05, 0.1) is 18.3 Å². The second kappa shape index (κ2) is 5.16. The molecule has 1 fully saturated rings. The zero-order chi connectivity index (χ0) is 13.1. The Bertz CT molecular complexity index is 456. The SMILES string of the molecule is CCCN1C(=O)CC(Nc2ccc(C)nc2)C1=O. The van der Waals surface area contributed by atoms with Crippen molar-refractivity contribution in [3.05, 3.63) is 24.0 Å². The maximum absolute atomic E-state index is 12.0. The summed E-state index contributed by atoms with van der Waals surface area (Å²) in [4.78, 5) is 29.2. The molecule has 1 atom stereocenters. The Morgan fingerprint density at radius 1 is 1.44 bits per heavy atom. The largest absolute Gasteiger partial charge is 0.372 e. The van der Waals surface area contributed by atoms with E-state index in [4.69, 9.17) is 0 Å². The molecule has 5 nitrogen and oxygen atoms in total. The molecule has 18 heavy (non-hydrogen) atoms. The summed E-state index contributed by atoms with van der Waals surface area (Å²) in [5, 5.41) is 3.06. The average Bonchev–Trinajstić information content (AvgIpc) is 2.60. The zero-order valence-electron chi connectivity index (χ0n) is 10.6. The molecule has 0 radical (unpaired) electrons. The van der Waals surface area contributed by atoms with Crippen molar-refractivity contribution in [3.63, 3.8) is 0 Å². The third-order valence-corrected chi connectivity index (χ3v) is 2.94. The number of imide groups is 1. The third-order valence-electron chi connectivity index (χ3n) is 2.94. The molecule has 0 bridgehead atoms. The summed E-state index contributed by atoms with van der Waals surface area (Å²) in [5.41, 5.74) is 1.69. The molecule has 1 saturated heterocycles. The molecule has 1 unspecified atom stereocenters. The molecule has 0 aliphatic carbocycles. The highest BCUT2D eigenvalue weighted by Gasteiger charge is 2.37. The molecule has 1 aliphatic rings. The maximum atomic E-state index is 12.0. The predicted molar refractivity (Wildman–Crippen MR) is 68.0 cm³/mol. The highest BCUT2D eigenvalue weighted by Crippen LogP contribution is 2.18. The molecule has 2 heterocycles. The first-order valence-corrected chi connectivity index (χ1v) is 6.15. The third kappa shape index (κ3) is 2.50. The molecular formula is C13H17N3O2. The number of aromatic nitrogens is 1. The van der Waals surface area contributed by atoms with E-state index in [0.717, 1.165) is 17.8 Å². The summed E-state index contributed by atoms with van der Waals surface area (Å²) >= 11 is 0. The van der Waals surface area contributed by atoms with Gasteiger partial charge in [0.15, 0.2) is 0 Å². The van der Waals surface area contributed by atoms with Crippen LogP contribution in [0.25, 0.3) is 0 Å². The number of likely N-dealkylation sites (tertiary alicyclic amines) is 1. The van der Waals surface area contributed by atoms with Crippen molar-refractivity contribution < 1.29 is 9.59 Å². The second-order valence-corrected chi connectivity index (χ2v) is 4.47. The topological polar surface area (TPSA) is 62.3 Å². The number of nitrogens with one attached hydrogen (secondary N) is 1. The molecule has 2 amide bonds. The number of carbonyl (C=O) groups excluding carboxylic acids is 2. The number of rotatable bonds is 4. The first kappa shape index (κ1) is 12.5. The predicted octanol–water partition coefficient (Wildman–Crippen LogP) is 1.34. The van der Waals surface area contributed by atoms with Gasteiger partial charge in [-0.1, -0.05) is 6.92 Å². The van der Waals surface area contributed by atoms with E-state index in [1.54, 1.807) is 6.20 Å². The lowest BCUT2D eigenvalue weighted by Gasteiger charge is -2.14. The van der Waals surface area contributed by atoms with Crippen LogP contribution in [-0.4, -0.2) is 34.3 Å². The number of hydrogen-bond donors (Lipinski definition) is 1. The van der Waals surface area contributed by atoms with Gasteiger partial charge in [0.25, 0.3) is 5.91 Å². The lowest BCUT2D eigenvalue weighted by molar-refractivity contribution is -0.138. The van der Waals surface area contributed by atoms with Gasteiger partial charge in [0, 0.05) is 12.2 Å². The Morgan fingerprint density at radius 2 is 2.22 bits per heavy atom. The number of pyridine rings is 1. The van der Waals surface area contributed by atoms with Crippen molar-refractivity contribution in [2.45, 2.75) is 32.7 Å². The molecular weight excluding hydrogens is 230 g/mol. The molecule has 1 N–H and O–H groups in total. The molecule has 0 aromatic carbocycles. The Kier molecular flexibility index (Phi) is 3.60. The van der Waals surface area contributed by atoms with Crippen LogP contribution in [0.2, 0.25) is 0 Å². The van der Waals surface area contributed by atoms with Crippen molar-refractivity contribution in [1.82, 2.24) is 9.88 Å². The van der Waals surface area contributed by atoms with Gasteiger partial charge in [-0.2, -0.15) is 0 Å². The summed E-state index contributed by atoms with van der Waals surface area (Å²) < 4.78 is 0. The minimum atomic E-state index is -0.450. The fraction of sp³-hybridized carbons (Fsp3) is 0.462. The summed E-state index contributed by atoms with van der Waals surface area (Å²) in [6.07, 6.45) is 2.69. The van der Waals surface area contributed by atoms with Gasteiger partial charge in [-0.15, -0.1) is 0 Å². The smallest absolute Gasteiger partial charge is 0.252 e. The van der Waals surface area contributed by atoms with E-state index in [1.807, 2.05) is 26.0 Å². The molecule has 5 heteroatoms. The van der Waals surface area contributed by atoms with Crippen LogP contribution in [0.5, 0.6) is 0 Å². The van der Waals surface area contributed by atoms with E-state index < -0.39 is 6.04 Å². The molecule has 96 valence electrons. The number of anilines is 1. The first-order valence-electron chi connectivity index (χ1n) is 6.15. The molecule has 2 rings (SSSR count). The van der Waals surface area contributed by atoms with Gasteiger partial charge >= 0.3 is 0 Å². The van der Waals surface area contributed by atoms with Gasteiger partial charge < -0.3 is 5.32 Å². The summed E-state index contributed by atoms with van der Waals surface area (Å²) in [5.74, 6) is -0.234. The Morgan fingerprint density at radius 3 is 2.83 bits per heavy atom. The van der Waals surface area contributed by atoms with Crippen LogP contribution in [0.3, 0.4) is 0 Å². The monoisotopic (exact) mass is 247 g/mol. The number of amides is 2. The highest BCUT2D eigenvalue weighted by atomic mass is 16.2. The van der Waals surface area contributed by atoms with Gasteiger partial charge in [0.1, 0.15) is 6.04 Å². The second-order valence-electron chi connectivity index (χ2n) is 4.47. The lowest BCUT2D eigenvalue weighted by atomic mass is 10.2. The summed E-state index contributed by atoms with van der Waals surface area (Å²) in [7, 11) is 0. The van der Waals surface area contributed by atoms with Crippen LogP contribution in [0.1, 0.15) is 25.5 Å². The molecule has 0 saturated carbocycles. The first-order chi connectivity index (χ1) is 8.61. The molecule has 0 spiro atoms. The number of carbonyl (C=O) groups is 2. The van der Waals surface area contributed by atoms with E-state index in [-0.39, 0.29) is 18.2 Å². The Labute approximate surface area is 106 Å². The van der Waals surface area contributed by atoms with Gasteiger partial charge in [-0.3, -0.25) is 19.5 Å². The standard InChI is InChI=1S/C13H17N3O2/c1-3-6-16-12(17)7-11(13(16)18)15-10-5-4-9(2)14-8-10/h4-5,8,11,15H,3,6-7H2,1-2H3. The molecule has 1 aromatic heterocycles. The van der Waals surface area contributed by atoms with Crippen LogP contribution < -0.4 is 5.32 Å². The van der Waals surface area contributed by atoms with Crippen molar-refractivity contribution in [2.24, 2.45) is 0 Å². The fourth-order valence-corrected chi connectivity index (χ4v) is 2.01. The minimum Gasteiger partial charge on any atom is -0.372 e. The number of aryl methyl sites for hydroxylation is 1. The Hall–Kier alpha value is -1.91. The van der Waals surface area contributed by atoms with E-state index in [9.17, 15) is 9.59 Å². The van der Waals surface area contributed by atoms with E-state index in [1.165, 1.54) is 4.90 Å². The fourth-order valence-electron chi connectivity index (χ4n) is 2.01. The van der Waals surface area contributed by atoms with Crippen molar-refractivity contribution in [3.8, 4) is 0 Å². The highest BCUT2D eigenvalue weighted by molar-refractivity contribution is 6.06. The number of hydrogen-bond acceptors (Lipinski definition) is 4. The van der Waals surface area contributed by atoms with Crippen LogP contribution in [0.15, 0.2) is 18.3 Å². The van der Waals surface area contributed by atoms with Crippen molar-refractivity contribution in [2.75, 3.05) is 11.9 Å². The van der Waals surface area contributed by atoms with Crippen LogP contribution in [-0.2, 0) is 9.59 Å². The number of nitrogens with zero attached hydrogens (tertiary/aromatic N) is 2. The van der Waals surface area contributed by atoms with Crippen molar-refractivity contribution >= 4 is 17.5 Å². The van der Waals surface area contributed by atoms with E-state index >= 15 is 0 Å². The van der Waals surface area contributed by atoms with Crippen LogP contribution >= 0.6 is 0 Å². The lowest BCUT2D eigenvalue weighted by Crippen LogP contribution is -2.35. The summed E-state index contributed by atoms with van der Waals surface area (Å²) in [6, 6.07) is 3.28. The summed E-state index contributed by atoms with van der Waals surface area (Å²) in [6.45, 7) is 4.35. The van der Waals surface area contributed by atoms with Gasteiger partial charge in [-0.25, -0.2) is 0 Å². The minimum absolute atomic E-state index is 0.0978. The molecule has 1 aliphatic heterocycles. The van der Waals surface area contributed by atoms with Crippen LogP contribution in [0.4, 0.5) is 5.69 Å². The van der Waals surface area contributed by atoms with E-state index in [2.05, 4.69) is 10.3 Å². The van der Waals surface area contributed by atoms with Gasteiger partial charge in [0.2, 0.25) is 5.91 Å². The average molecular weight is 247 g/mol. The normalized spacial score (nSPS) is 19.4. The van der Waals surface area contributed by atoms with Crippen LogP contribution in [0, 0.1) is 6.92 Å². The Balaban J connectivity index is 2.05. The van der Waals surface area contributed by atoms with Gasteiger partial charge in [-0.05, 0) is 25.5 Å².